The Hall–Kier alpha value is -2.14. The van der Waals surface area contributed by atoms with E-state index in [1.54, 1.807) is 18.2 Å². The molecule has 0 spiro atoms. The van der Waals surface area contributed by atoms with Gasteiger partial charge in [-0.25, -0.2) is 4.79 Å². The highest BCUT2D eigenvalue weighted by atomic mass is 16.5. The number of anilines is 1. The molecule has 1 aliphatic rings. The van der Waals surface area contributed by atoms with Gasteiger partial charge in [0.2, 0.25) is 5.91 Å². The van der Waals surface area contributed by atoms with Crippen LogP contribution in [0.3, 0.4) is 0 Å². The molecule has 1 aromatic carbocycles. The van der Waals surface area contributed by atoms with Gasteiger partial charge in [-0.05, 0) is 23.8 Å². The summed E-state index contributed by atoms with van der Waals surface area (Å²) in [6.07, 6.45) is 2.56. The molecule has 0 unspecified atom stereocenters. The number of hydrogen-bond acceptors (Lipinski definition) is 3. The lowest BCUT2D eigenvalue weighted by Gasteiger charge is -2.06. The second kappa shape index (κ2) is 4.80. The fourth-order valence-electron chi connectivity index (χ4n) is 1.57. The van der Waals surface area contributed by atoms with E-state index in [1.807, 2.05) is 0 Å². The molecular formula is C12H11NO4. The Morgan fingerprint density at radius 1 is 1.41 bits per heavy atom. The predicted octanol–water partition coefficient (Wildman–Crippen LogP) is 1.25. The summed E-state index contributed by atoms with van der Waals surface area (Å²) in [6.45, 7) is 0.373. The van der Waals surface area contributed by atoms with Crippen LogP contribution >= 0.6 is 0 Å². The van der Waals surface area contributed by atoms with Crippen LogP contribution in [0, 0.1) is 0 Å². The summed E-state index contributed by atoms with van der Waals surface area (Å²) in [5.74, 6) is -1.18. The maximum absolute atomic E-state index is 11.2. The van der Waals surface area contributed by atoms with Gasteiger partial charge in [0.25, 0.3) is 0 Å². The Labute approximate surface area is 97.7 Å². The van der Waals surface area contributed by atoms with Gasteiger partial charge in [0.15, 0.2) is 0 Å². The Bertz CT molecular complexity index is 493. The van der Waals surface area contributed by atoms with Crippen LogP contribution in [0.2, 0.25) is 0 Å². The minimum atomic E-state index is -0.996. The molecule has 2 N–H and O–H groups in total. The molecule has 5 nitrogen and oxygen atoms in total. The number of carboxylic acid groups (broad SMARTS) is 1. The van der Waals surface area contributed by atoms with E-state index >= 15 is 0 Å². The van der Waals surface area contributed by atoms with Crippen LogP contribution in [0.4, 0.5) is 5.69 Å². The summed E-state index contributed by atoms with van der Waals surface area (Å²) < 4.78 is 5.16. The van der Waals surface area contributed by atoms with Gasteiger partial charge in [-0.15, -0.1) is 0 Å². The van der Waals surface area contributed by atoms with E-state index < -0.39 is 5.97 Å². The van der Waals surface area contributed by atoms with E-state index in [0.717, 1.165) is 17.2 Å². The maximum atomic E-state index is 11.2. The van der Waals surface area contributed by atoms with Crippen molar-refractivity contribution in [3.63, 3.8) is 0 Å². The number of carbonyl (C=O) groups excluding carboxylic acids is 1. The van der Waals surface area contributed by atoms with Crippen molar-refractivity contribution in [3.05, 3.63) is 35.4 Å². The third-order valence-corrected chi connectivity index (χ3v) is 2.31. The average molecular weight is 233 g/mol. The monoisotopic (exact) mass is 233 g/mol. The molecule has 0 aromatic heterocycles. The third-order valence-electron chi connectivity index (χ3n) is 2.31. The van der Waals surface area contributed by atoms with E-state index in [9.17, 15) is 9.59 Å². The first kappa shape index (κ1) is 11.3. The van der Waals surface area contributed by atoms with Crippen LogP contribution in [-0.2, 0) is 20.9 Å². The van der Waals surface area contributed by atoms with Gasteiger partial charge in [0, 0.05) is 17.3 Å². The second-order valence-electron chi connectivity index (χ2n) is 3.63. The van der Waals surface area contributed by atoms with E-state index in [0.29, 0.717) is 12.3 Å². The van der Waals surface area contributed by atoms with Gasteiger partial charge in [0.05, 0.1) is 6.61 Å². The summed E-state index contributed by atoms with van der Waals surface area (Å²) in [5.41, 5.74) is 2.30. The first-order valence-corrected chi connectivity index (χ1v) is 5.07. The molecular weight excluding hydrogens is 222 g/mol. The first-order valence-electron chi connectivity index (χ1n) is 5.07. The smallest absolute Gasteiger partial charge is 0.328 e. The third kappa shape index (κ3) is 2.92. The standard InChI is InChI=1S/C12H11NO4/c14-11-7-17-6-9-5-8(2-4-12(15)16)1-3-10(9)13-11/h1-5H,6-7H2,(H,13,14)(H,15,16)/b4-2+. The molecule has 1 aliphatic heterocycles. The highest BCUT2D eigenvalue weighted by Crippen LogP contribution is 2.21. The normalized spacial score (nSPS) is 15.2. The number of benzene rings is 1. The van der Waals surface area contributed by atoms with E-state index in [4.69, 9.17) is 9.84 Å². The largest absolute Gasteiger partial charge is 0.478 e. The van der Waals surface area contributed by atoms with Gasteiger partial charge in [0.1, 0.15) is 6.61 Å². The number of amides is 1. The highest BCUT2D eigenvalue weighted by molar-refractivity contribution is 5.93. The number of aliphatic carboxylic acids is 1. The second-order valence-corrected chi connectivity index (χ2v) is 3.63. The average Bonchev–Trinajstić information content (AvgIpc) is 2.46. The molecule has 17 heavy (non-hydrogen) atoms. The molecule has 0 atom stereocenters. The Kier molecular flexibility index (Phi) is 3.20. The van der Waals surface area contributed by atoms with Crippen LogP contribution in [0.5, 0.6) is 0 Å². The number of nitrogens with one attached hydrogen (secondary N) is 1. The van der Waals surface area contributed by atoms with Gasteiger partial charge in [-0.3, -0.25) is 4.79 Å². The molecule has 1 aromatic rings. The molecule has 1 amide bonds. The van der Waals surface area contributed by atoms with Crippen LogP contribution in [0.15, 0.2) is 24.3 Å². The molecule has 0 fully saturated rings. The van der Waals surface area contributed by atoms with Crippen molar-refractivity contribution in [1.29, 1.82) is 0 Å². The molecule has 0 aliphatic carbocycles. The first-order chi connectivity index (χ1) is 8.15. The van der Waals surface area contributed by atoms with Crippen molar-refractivity contribution in [1.82, 2.24) is 0 Å². The quantitative estimate of drug-likeness (QED) is 0.754. The summed E-state index contributed by atoms with van der Waals surface area (Å²) in [5, 5.41) is 11.2. The number of hydrogen-bond donors (Lipinski definition) is 2. The van der Waals surface area contributed by atoms with E-state index in [2.05, 4.69) is 5.32 Å². The predicted molar refractivity (Wildman–Crippen MR) is 61.4 cm³/mol. The zero-order chi connectivity index (χ0) is 12.3. The van der Waals surface area contributed by atoms with Crippen LogP contribution in [0.25, 0.3) is 6.08 Å². The zero-order valence-corrected chi connectivity index (χ0v) is 8.97. The molecule has 88 valence electrons. The molecule has 2 rings (SSSR count). The molecule has 0 saturated carbocycles. The zero-order valence-electron chi connectivity index (χ0n) is 8.97. The minimum absolute atomic E-state index is 0.0367. The Balaban J connectivity index is 2.27. The lowest BCUT2D eigenvalue weighted by molar-refractivity contribution is -0.131. The van der Waals surface area contributed by atoms with Crippen molar-refractivity contribution >= 4 is 23.6 Å². The summed E-state index contributed by atoms with van der Waals surface area (Å²) >= 11 is 0. The highest BCUT2D eigenvalue weighted by Gasteiger charge is 2.12. The topological polar surface area (TPSA) is 75.6 Å². The number of rotatable bonds is 2. The fourth-order valence-corrected chi connectivity index (χ4v) is 1.57. The lowest BCUT2D eigenvalue weighted by Crippen LogP contribution is -2.14. The summed E-state index contributed by atoms with van der Waals surface area (Å²) in [4.78, 5) is 21.6. The van der Waals surface area contributed by atoms with Crippen LogP contribution in [0.1, 0.15) is 11.1 Å². The number of carboxylic acids is 1. The number of carbonyl (C=O) groups is 2. The summed E-state index contributed by atoms with van der Waals surface area (Å²) in [7, 11) is 0. The minimum Gasteiger partial charge on any atom is -0.478 e. The van der Waals surface area contributed by atoms with E-state index in [-0.39, 0.29) is 12.5 Å². The Morgan fingerprint density at radius 3 is 3.00 bits per heavy atom. The van der Waals surface area contributed by atoms with E-state index in [1.165, 1.54) is 6.08 Å². The molecule has 0 radical (unpaired) electrons. The van der Waals surface area contributed by atoms with Crippen molar-refractivity contribution in [2.45, 2.75) is 6.61 Å². The molecule has 5 heteroatoms. The van der Waals surface area contributed by atoms with Crippen LogP contribution < -0.4 is 5.32 Å². The number of fused-ring (bicyclic) bond motifs is 1. The van der Waals surface area contributed by atoms with Crippen molar-refractivity contribution in [2.24, 2.45) is 0 Å². The molecule has 0 bridgehead atoms. The molecule has 1 heterocycles. The van der Waals surface area contributed by atoms with Gasteiger partial charge < -0.3 is 15.2 Å². The SMILES string of the molecule is O=C(O)/C=C/c1ccc2c(c1)COCC(=O)N2. The van der Waals surface area contributed by atoms with Crippen molar-refractivity contribution in [3.8, 4) is 0 Å². The summed E-state index contributed by atoms with van der Waals surface area (Å²) in [6, 6.07) is 5.27. The number of ether oxygens (including phenoxy) is 1. The Morgan fingerprint density at radius 2 is 2.24 bits per heavy atom. The lowest BCUT2D eigenvalue weighted by atomic mass is 10.1. The molecule has 0 saturated heterocycles. The van der Waals surface area contributed by atoms with Crippen molar-refractivity contribution in [2.75, 3.05) is 11.9 Å². The fraction of sp³-hybridized carbons (Fsp3) is 0.167. The van der Waals surface area contributed by atoms with Crippen molar-refractivity contribution < 1.29 is 19.4 Å². The van der Waals surface area contributed by atoms with Gasteiger partial charge >= 0.3 is 5.97 Å². The van der Waals surface area contributed by atoms with Gasteiger partial charge in [-0.2, -0.15) is 0 Å². The maximum Gasteiger partial charge on any atom is 0.328 e. The van der Waals surface area contributed by atoms with Gasteiger partial charge in [-0.1, -0.05) is 6.07 Å². The van der Waals surface area contributed by atoms with Crippen LogP contribution in [-0.4, -0.2) is 23.6 Å².